The second-order valence-electron chi connectivity index (χ2n) is 5.42. The Morgan fingerprint density at radius 3 is 2.88 bits per heavy atom. The van der Waals surface area contributed by atoms with Gasteiger partial charge in [-0.1, -0.05) is 29.8 Å². The lowest BCUT2D eigenvalue weighted by Crippen LogP contribution is -2.31. The summed E-state index contributed by atoms with van der Waals surface area (Å²) >= 11 is 5.77. The number of carbonyl (C=O) groups excluding carboxylic acids is 2. The Morgan fingerprint density at radius 1 is 1.25 bits per heavy atom. The van der Waals surface area contributed by atoms with Crippen molar-refractivity contribution in [2.75, 3.05) is 17.2 Å². The minimum absolute atomic E-state index is 0.00366. The minimum atomic E-state index is -0.571. The van der Waals surface area contributed by atoms with Crippen molar-refractivity contribution in [3.63, 3.8) is 0 Å². The van der Waals surface area contributed by atoms with E-state index in [1.54, 1.807) is 0 Å². The number of halogens is 2. The highest BCUT2D eigenvalue weighted by Crippen LogP contribution is 2.33. The molecule has 0 saturated heterocycles. The van der Waals surface area contributed by atoms with Gasteiger partial charge in [0.2, 0.25) is 5.91 Å². The lowest BCUT2D eigenvalue weighted by molar-refractivity contribution is -0.117. The van der Waals surface area contributed by atoms with Crippen LogP contribution in [0.25, 0.3) is 0 Å². The number of carbonyl (C=O) groups is 2. The molecule has 3 N–H and O–H groups in total. The van der Waals surface area contributed by atoms with E-state index < -0.39 is 11.8 Å². The molecule has 0 spiro atoms. The SMILES string of the molecule is O=C(NCCC1C(=O)Nc2ccccc21)Nc1cc(Cl)ccc1F. The molecule has 2 aromatic rings. The molecular weight excluding hydrogens is 333 g/mol. The third kappa shape index (κ3) is 3.49. The van der Waals surface area contributed by atoms with E-state index >= 15 is 0 Å². The molecule has 0 aromatic heterocycles. The van der Waals surface area contributed by atoms with Crippen LogP contribution in [-0.2, 0) is 4.79 Å². The summed E-state index contributed by atoms with van der Waals surface area (Å²) in [7, 11) is 0. The Balaban J connectivity index is 1.54. The Hall–Kier alpha value is -2.60. The molecule has 3 rings (SSSR count). The highest BCUT2D eigenvalue weighted by molar-refractivity contribution is 6.30. The number of anilines is 2. The maximum Gasteiger partial charge on any atom is 0.319 e. The largest absolute Gasteiger partial charge is 0.338 e. The minimum Gasteiger partial charge on any atom is -0.338 e. The van der Waals surface area contributed by atoms with Gasteiger partial charge >= 0.3 is 6.03 Å². The normalized spacial score (nSPS) is 15.6. The highest BCUT2D eigenvalue weighted by Gasteiger charge is 2.29. The van der Waals surface area contributed by atoms with Crippen molar-refractivity contribution in [2.45, 2.75) is 12.3 Å². The van der Waals surface area contributed by atoms with Crippen molar-refractivity contribution in [1.29, 1.82) is 0 Å². The molecule has 1 aliphatic heterocycles. The average molecular weight is 348 g/mol. The molecule has 2 aromatic carbocycles. The van der Waals surface area contributed by atoms with Crippen molar-refractivity contribution in [2.24, 2.45) is 0 Å². The van der Waals surface area contributed by atoms with E-state index in [2.05, 4.69) is 16.0 Å². The topological polar surface area (TPSA) is 70.2 Å². The van der Waals surface area contributed by atoms with Crippen LogP contribution in [0, 0.1) is 5.82 Å². The summed E-state index contributed by atoms with van der Waals surface area (Å²) in [5.74, 6) is -0.956. The molecule has 24 heavy (non-hydrogen) atoms. The molecule has 0 aliphatic carbocycles. The van der Waals surface area contributed by atoms with E-state index in [1.807, 2.05) is 24.3 Å². The van der Waals surface area contributed by atoms with Crippen LogP contribution in [0.3, 0.4) is 0 Å². The summed E-state index contributed by atoms with van der Waals surface area (Å²) < 4.78 is 13.6. The van der Waals surface area contributed by atoms with Crippen molar-refractivity contribution >= 4 is 34.9 Å². The molecule has 0 bridgehead atoms. The van der Waals surface area contributed by atoms with Crippen molar-refractivity contribution in [3.8, 4) is 0 Å². The first-order valence-corrected chi connectivity index (χ1v) is 7.82. The van der Waals surface area contributed by atoms with Gasteiger partial charge in [0.25, 0.3) is 0 Å². The number of hydrogen-bond acceptors (Lipinski definition) is 2. The molecule has 5 nitrogen and oxygen atoms in total. The number of nitrogens with one attached hydrogen (secondary N) is 3. The predicted molar refractivity (Wildman–Crippen MR) is 90.9 cm³/mol. The van der Waals surface area contributed by atoms with Crippen LogP contribution in [0.2, 0.25) is 5.02 Å². The zero-order valence-electron chi connectivity index (χ0n) is 12.6. The number of urea groups is 1. The first-order valence-electron chi connectivity index (χ1n) is 7.44. The average Bonchev–Trinajstić information content (AvgIpc) is 2.87. The number of hydrogen-bond donors (Lipinski definition) is 3. The molecule has 1 heterocycles. The molecule has 0 saturated carbocycles. The van der Waals surface area contributed by atoms with Crippen molar-refractivity contribution in [1.82, 2.24) is 5.32 Å². The summed E-state index contributed by atoms with van der Waals surface area (Å²) in [6.45, 7) is 0.278. The van der Waals surface area contributed by atoms with E-state index in [0.717, 1.165) is 11.3 Å². The molecule has 0 radical (unpaired) electrons. The molecule has 7 heteroatoms. The number of para-hydroxylation sites is 1. The van der Waals surface area contributed by atoms with Gasteiger partial charge in [0, 0.05) is 17.3 Å². The Labute approximate surface area is 143 Å². The third-order valence-corrected chi connectivity index (χ3v) is 4.04. The molecular formula is C17H15ClFN3O2. The Kier molecular flexibility index (Phi) is 4.66. The van der Waals surface area contributed by atoms with Crippen LogP contribution in [0.15, 0.2) is 42.5 Å². The number of amides is 3. The van der Waals surface area contributed by atoms with Crippen molar-refractivity contribution in [3.05, 3.63) is 58.9 Å². The Morgan fingerprint density at radius 2 is 2.04 bits per heavy atom. The van der Waals surface area contributed by atoms with Gasteiger partial charge in [-0.25, -0.2) is 9.18 Å². The standard InChI is InChI=1S/C17H15ClFN3O2/c18-10-5-6-13(19)15(9-10)22-17(24)20-8-7-12-11-3-1-2-4-14(11)21-16(12)23/h1-6,9,12H,7-8H2,(H,21,23)(H2,20,22,24). The van der Waals surface area contributed by atoms with Crippen LogP contribution in [0.5, 0.6) is 0 Å². The fourth-order valence-corrected chi connectivity index (χ4v) is 2.82. The quantitative estimate of drug-likeness (QED) is 0.788. The highest BCUT2D eigenvalue weighted by atomic mass is 35.5. The van der Waals surface area contributed by atoms with Crippen LogP contribution in [-0.4, -0.2) is 18.5 Å². The Bertz CT molecular complexity index is 797. The fraction of sp³-hybridized carbons (Fsp3) is 0.176. The van der Waals surface area contributed by atoms with Gasteiger partial charge in [0.15, 0.2) is 0 Å². The second kappa shape index (κ2) is 6.88. The van der Waals surface area contributed by atoms with Gasteiger partial charge in [-0.05, 0) is 36.2 Å². The first-order chi connectivity index (χ1) is 11.5. The molecule has 124 valence electrons. The first kappa shape index (κ1) is 16.3. The van der Waals surface area contributed by atoms with Gasteiger partial charge in [0.1, 0.15) is 5.82 Å². The third-order valence-electron chi connectivity index (χ3n) is 3.81. The van der Waals surface area contributed by atoms with Gasteiger partial charge in [0.05, 0.1) is 11.6 Å². The second-order valence-corrected chi connectivity index (χ2v) is 5.86. The lowest BCUT2D eigenvalue weighted by atomic mass is 9.97. The van der Waals surface area contributed by atoms with E-state index in [0.29, 0.717) is 11.4 Å². The van der Waals surface area contributed by atoms with Gasteiger partial charge in [-0.2, -0.15) is 0 Å². The maximum absolute atomic E-state index is 13.6. The summed E-state index contributed by atoms with van der Waals surface area (Å²) in [6, 6.07) is 10.8. The van der Waals surface area contributed by atoms with Crippen molar-refractivity contribution < 1.29 is 14.0 Å². The molecule has 1 atom stereocenters. The van der Waals surface area contributed by atoms with Gasteiger partial charge in [-0.15, -0.1) is 0 Å². The van der Waals surface area contributed by atoms with Gasteiger partial charge in [-0.3, -0.25) is 4.79 Å². The van der Waals surface area contributed by atoms with Gasteiger partial charge < -0.3 is 16.0 Å². The van der Waals surface area contributed by atoms with E-state index in [1.165, 1.54) is 18.2 Å². The van der Waals surface area contributed by atoms with E-state index in [4.69, 9.17) is 11.6 Å². The molecule has 0 fully saturated rings. The zero-order valence-corrected chi connectivity index (χ0v) is 13.4. The van der Waals surface area contributed by atoms with Crippen LogP contribution in [0.4, 0.5) is 20.6 Å². The van der Waals surface area contributed by atoms with Crippen LogP contribution in [0.1, 0.15) is 17.9 Å². The summed E-state index contributed by atoms with van der Waals surface area (Å²) in [6.07, 6.45) is 0.453. The lowest BCUT2D eigenvalue weighted by Gasteiger charge is -2.11. The maximum atomic E-state index is 13.6. The fourth-order valence-electron chi connectivity index (χ4n) is 2.65. The van der Waals surface area contributed by atoms with Crippen LogP contribution >= 0.6 is 11.6 Å². The van der Waals surface area contributed by atoms with E-state index in [9.17, 15) is 14.0 Å². The molecule has 1 unspecified atom stereocenters. The number of rotatable bonds is 4. The summed E-state index contributed by atoms with van der Waals surface area (Å²) in [5, 5.41) is 8.15. The van der Waals surface area contributed by atoms with Crippen LogP contribution < -0.4 is 16.0 Å². The zero-order chi connectivity index (χ0) is 17.1. The van der Waals surface area contributed by atoms with E-state index in [-0.39, 0.29) is 24.1 Å². The summed E-state index contributed by atoms with van der Waals surface area (Å²) in [5.41, 5.74) is 1.73. The summed E-state index contributed by atoms with van der Waals surface area (Å²) in [4.78, 5) is 23.8. The molecule has 3 amide bonds. The monoisotopic (exact) mass is 347 g/mol. The number of benzene rings is 2. The smallest absolute Gasteiger partial charge is 0.319 e. The predicted octanol–water partition coefficient (Wildman–Crippen LogP) is 3.73. The molecule has 1 aliphatic rings. The number of fused-ring (bicyclic) bond motifs is 1.